The SMILES string of the molecule is CC(C)(C)OC(=O)N1CCOCC1c1ccnc2cc(Cl)nn12. The Bertz CT molecular complexity index is 725. The number of halogens is 1. The maximum atomic E-state index is 12.5. The molecule has 2 aromatic heterocycles. The van der Waals surface area contributed by atoms with Gasteiger partial charge in [-0.2, -0.15) is 5.10 Å². The molecule has 3 heterocycles. The van der Waals surface area contributed by atoms with Gasteiger partial charge >= 0.3 is 6.09 Å². The van der Waals surface area contributed by atoms with E-state index in [1.807, 2.05) is 26.8 Å². The van der Waals surface area contributed by atoms with Crippen LogP contribution >= 0.6 is 11.6 Å². The summed E-state index contributed by atoms with van der Waals surface area (Å²) in [7, 11) is 0. The number of nitrogens with zero attached hydrogens (tertiary/aromatic N) is 4. The number of aromatic nitrogens is 3. The van der Waals surface area contributed by atoms with Crippen LogP contribution in [0.1, 0.15) is 32.5 Å². The predicted octanol–water partition coefficient (Wildman–Crippen LogP) is 2.69. The minimum absolute atomic E-state index is 0.305. The third-order valence-electron chi connectivity index (χ3n) is 3.46. The number of carbonyl (C=O) groups is 1. The molecular weight excluding hydrogens is 320 g/mol. The lowest BCUT2D eigenvalue weighted by molar-refractivity contribution is -0.0345. The van der Waals surface area contributed by atoms with Gasteiger partial charge in [0.25, 0.3) is 0 Å². The smallest absolute Gasteiger partial charge is 0.411 e. The molecule has 0 radical (unpaired) electrons. The first-order valence-corrected chi connectivity index (χ1v) is 7.80. The monoisotopic (exact) mass is 338 g/mol. The fourth-order valence-corrected chi connectivity index (χ4v) is 2.70. The Balaban J connectivity index is 1.96. The molecule has 23 heavy (non-hydrogen) atoms. The summed E-state index contributed by atoms with van der Waals surface area (Å²) in [5, 5.41) is 4.59. The molecule has 1 unspecified atom stereocenters. The Hall–Kier alpha value is -1.86. The zero-order chi connectivity index (χ0) is 16.6. The van der Waals surface area contributed by atoms with Gasteiger partial charge in [0.05, 0.1) is 18.9 Å². The highest BCUT2D eigenvalue weighted by molar-refractivity contribution is 6.29. The highest BCUT2D eigenvalue weighted by Gasteiger charge is 2.33. The number of amides is 1. The van der Waals surface area contributed by atoms with Gasteiger partial charge in [-0.05, 0) is 26.8 Å². The van der Waals surface area contributed by atoms with Gasteiger partial charge in [0.15, 0.2) is 10.8 Å². The second-order valence-corrected chi connectivity index (χ2v) is 6.76. The van der Waals surface area contributed by atoms with E-state index in [1.54, 1.807) is 21.7 Å². The zero-order valence-electron chi connectivity index (χ0n) is 13.3. The van der Waals surface area contributed by atoms with Crippen LogP contribution in [-0.2, 0) is 9.47 Å². The van der Waals surface area contributed by atoms with Gasteiger partial charge in [0.2, 0.25) is 0 Å². The van der Waals surface area contributed by atoms with Crippen LogP contribution in [0, 0.1) is 0 Å². The Morgan fingerprint density at radius 1 is 1.48 bits per heavy atom. The van der Waals surface area contributed by atoms with Crippen molar-refractivity contribution in [2.75, 3.05) is 19.8 Å². The van der Waals surface area contributed by atoms with Gasteiger partial charge in [-0.3, -0.25) is 4.90 Å². The summed E-state index contributed by atoms with van der Waals surface area (Å²) in [6.45, 7) is 6.84. The van der Waals surface area contributed by atoms with Crippen molar-refractivity contribution in [1.82, 2.24) is 19.5 Å². The molecule has 3 rings (SSSR count). The number of carbonyl (C=O) groups excluding carboxylic acids is 1. The summed E-state index contributed by atoms with van der Waals surface area (Å²) in [5.41, 5.74) is 0.859. The Labute approximate surface area is 139 Å². The summed E-state index contributed by atoms with van der Waals surface area (Å²) in [6, 6.07) is 3.18. The molecule has 0 spiro atoms. The van der Waals surface area contributed by atoms with Crippen LogP contribution in [0.25, 0.3) is 5.65 Å². The van der Waals surface area contributed by atoms with Gasteiger partial charge in [0.1, 0.15) is 11.6 Å². The molecule has 0 N–H and O–H groups in total. The van der Waals surface area contributed by atoms with E-state index in [2.05, 4.69) is 10.1 Å². The third kappa shape index (κ3) is 3.40. The highest BCUT2D eigenvalue weighted by Crippen LogP contribution is 2.27. The van der Waals surface area contributed by atoms with Gasteiger partial charge in [-0.25, -0.2) is 14.3 Å². The molecule has 0 bridgehead atoms. The Kier molecular flexibility index (Phi) is 4.16. The largest absolute Gasteiger partial charge is 0.444 e. The topological polar surface area (TPSA) is 69.0 Å². The summed E-state index contributed by atoms with van der Waals surface area (Å²) in [4.78, 5) is 18.4. The lowest BCUT2D eigenvalue weighted by Crippen LogP contribution is -2.46. The van der Waals surface area contributed by atoms with Crippen molar-refractivity contribution in [2.45, 2.75) is 32.4 Å². The van der Waals surface area contributed by atoms with E-state index in [1.165, 1.54) is 0 Å². The van der Waals surface area contributed by atoms with Crippen LogP contribution in [0.15, 0.2) is 18.3 Å². The first-order chi connectivity index (χ1) is 10.8. The van der Waals surface area contributed by atoms with E-state index >= 15 is 0 Å². The van der Waals surface area contributed by atoms with E-state index in [0.717, 1.165) is 5.69 Å². The molecule has 124 valence electrons. The van der Waals surface area contributed by atoms with Crippen molar-refractivity contribution in [2.24, 2.45) is 0 Å². The highest BCUT2D eigenvalue weighted by atomic mass is 35.5. The lowest BCUT2D eigenvalue weighted by atomic mass is 10.1. The maximum Gasteiger partial charge on any atom is 0.411 e. The molecule has 8 heteroatoms. The number of fused-ring (bicyclic) bond motifs is 1. The van der Waals surface area contributed by atoms with Crippen LogP contribution in [0.2, 0.25) is 5.15 Å². The third-order valence-corrected chi connectivity index (χ3v) is 3.64. The number of hydrogen-bond donors (Lipinski definition) is 0. The molecule has 0 aliphatic carbocycles. The van der Waals surface area contributed by atoms with Crippen molar-refractivity contribution in [1.29, 1.82) is 0 Å². The van der Waals surface area contributed by atoms with Crippen LogP contribution in [-0.4, -0.2) is 51.0 Å². The molecule has 1 aliphatic rings. The van der Waals surface area contributed by atoms with Gasteiger partial charge in [-0.15, -0.1) is 0 Å². The quantitative estimate of drug-likeness (QED) is 0.799. The molecule has 0 aromatic carbocycles. The molecule has 1 saturated heterocycles. The molecule has 7 nitrogen and oxygen atoms in total. The van der Waals surface area contributed by atoms with Crippen LogP contribution in [0.5, 0.6) is 0 Å². The summed E-state index contributed by atoms with van der Waals surface area (Å²) >= 11 is 5.97. The second kappa shape index (κ2) is 5.98. The van der Waals surface area contributed by atoms with E-state index in [-0.39, 0.29) is 12.1 Å². The number of morpholine rings is 1. The average molecular weight is 339 g/mol. The van der Waals surface area contributed by atoms with Crippen molar-refractivity contribution in [3.05, 3.63) is 29.2 Å². The van der Waals surface area contributed by atoms with Crippen molar-refractivity contribution >= 4 is 23.3 Å². The van der Waals surface area contributed by atoms with E-state index in [4.69, 9.17) is 21.1 Å². The van der Waals surface area contributed by atoms with E-state index in [0.29, 0.717) is 30.6 Å². The second-order valence-electron chi connectivity index (χ2n) is 6.37. The first-order valence-electron chi connectivity index (χ1n) is 7.43. The van der Waals surface area contributed by atoms with Crippen LogP contribution in [0.3, 0.4) is 0 Å². The minimum Gasteiger partial charge on any atom is -0.444 e. The lowest BCUT2D eigenvalue weighted by Gasteiger charge is -2.36. The zero-order valence-corrected chi connectivity index (χ0v) is 14.1. The standard InChI is InChI=1S/C15H19ClN4O3/c1-15(2,3)23-14(21)19-6-7-22-9-11(19)10-4-5-17-13-8-12(16)18-20(10)13/h4-5,8,11H,6-7,9H2,1-3H3. The summed E-state index contributed by atoms with van der Waals surface area (Å²) in [5.74, 6) is 0. The Morgan fingerprint density at radius 2 is 2.26 bits per heavy atom. The summed E-state index contributed by atoms with van der Waals surface area (Å²) < 4.78 is 12.7. The maximum absolute atomic E-state index is 12.5. The van der Waals surface area contributed by atoms with Gasteiger partial charge < -0.3 is 9.47 Å². The molecule has 1 aliphatic heterocycles. The number of rotatable bonds is 1. The predicted molar refractivity (Wildman–Crippen MR) is 84.5 cm³/mol. The minimum atomic E-state index is -0.553. The molecule has 1 atom stereocenters. The van der Waals surface area contributed by atoms with E-state index in [9.17, 15) is 4.79 Å². The van der Waals surface area contributed by atoms with E-state index < -0.39 is 5.60 Å². The Morgan fingerprint density at radius 3 is 3.00 bits per heavy atom. The van der Waals surface area contributed by atoms with Gasteiger partial charge in [0, 0.05) is 18.8 Å². The van der Waals surface area contributed by atoms with Crippen molar-refractivity contribution < 1.29 is 14.3 Å². The van der Waals surface area contributed by atoms with Crippen molar-refractivity contribution in [3.8, 4) is 0 Å². The van der Waals surface area contributed by atoms with Crippen LogP contribution in [0.4, 0.5) is 4.79 Å². The average Bonchev–Trinajstić information content (AvgIpc) is 2.85. The number of hydrogen-bond acceptors (Lipinski definition) is 5. The van der Waals surface area contributed by atoms with Crippen LogP contribution < -0.4 is 0 Å². The van der Waals surface area contributed by atoms with Crippen molar-refractivity contribution in [3.63, 3.8) is 0 Å². The number of ether oxygens (including phenoxy) is 2. The fourth-order valence-electron chi connectivity index (χ4n) is 2.53. The molecule has 2 aromatic rings. The fraction of sp³-hybridized carbons (Fsp3) is 0.533. The molecular formula is C15H19ClN4O3. The molecule has 1 amide bonds. The van der Waals surface area contributed by atoms with Gasteiger partial charge in [-0.1, -0.05) is 11.6 Å². The first kappa shape index (κ1) is 16.0. The summed E-state index contributed by atoms with van der Waals surface area (Å²) in [6.07, 6.45) is 1.30. The molecule has 0 saturated carbocycles. The molecule has 1 fully saturated rings. The normalized spacial score (nSPS) is 19.1.